The largest absolute Gasteiger partial charge is 0.371 e. The van der Waals surface area contributed by atoms with Crippen LogP contribution in [0.3, 0.4) is 0 Å². The first-order valence-corrected chi connectivity index (χ1v) is 7.35. The zero-order valence-electron chi connectivity index (χ0n) is 10.4. The lowest BCUT2D eigenvalue weighted by molar-refractivity contribution is 0.102. The number of imidazole rings is 1. The van der Waals surface area contributed by atoms with Gasteiger partial charge < -0.3 is 14.0 Å². The topological polar surface area (TPSA) is 52.5 Å². The van der Waals surface area contributed by atoms with Crippen molar-refractivity contribution in [2.24, 2.45) is 0 Å². The molecule has 5 nitrogen and oxygen atoms in total. The van der Waals surface area contributed by atoms with Crippen LogP contribution < -0.4 is 0 Å². The van der Waals surface area contributed by atoms with Gasteiger partial charge in [-0.25, -0.2) is 9.97 Å². The number of rotatable bonds is 3. The summed E-state index contributed by atoms with van der Waals surface area (Å²) in [5.41, 5.74) is 1.84. The molecule has 2 aliphatic rings. The predicted molar refractivity (Wildman–Crippen MR) is 72.9 cm³/mol. The van der Waals surface area contributed by atoms with E-state index in [0.29, 0.717) is 6.10 Å². The smallest absolute Gasteiger partial charge is 0.160 e. The van der Waals surface area contributed by atoms with Gasteiger partial charge in [-0.1, -0.05) is 0 Å². The van der Waals surface area contributed by atoms with Crippen molar-refractivity contribution >= 4 is 27.1 Å². The van der Waals surface area contributed by atoms with Crippen molar-refractivity contribution in [3.05, 3.63) is 22.6 Å². The van der Waals surface area contributed by atoms with Gasteiger partial charge in [-0.2, -0.15) is 0 Å². The highest BCUT2D eigenvalue weighted by molar-refractivity contribution is 9.10. The molecule has 2 aliphatic heterocycles. The van der Waals surface area contributed by atoms with Gasteiger partial charge >= 0.3 is 0 Å². The van der Waals surface area contributed by atoms with E-state index in [2.05, 4.69) is 25.5 Å². The first kappa shape index (κ1) is 11.8. The number of epoxide rings is 1. The van der Waals surface area contributed by atoms with Gasteiger partial charge in [0.25, 0.3) is 0 Å². The van der Waals surface area contributed by atoms with E-state index in [0.717, 1.165) is 54.1 Å². The summed E-state index contributed by atoms with van der Waals surface area (Å²) >= 11 is 3.45. The normalized spacial score (nSPS) is 26.2. The summed E-state index contributed by atoms with van der Waals surface area (Å²) in [6.07, 6.45) is 4.36. The van der Waals surface area contributed by atoms with E-state index in [4.69, 9.17) is 14.5 Å². The molecule has 6 heteroatoms. The molecule has 2 fully saturated rings. The minimum Gasteiger partial charge on any atom is -0.371 e. The molecule has 2 aromatic heterocycles. The van der Waals surface area contributed by atoms with E-state index in [1.165, 1.54) is 0 Å². The van der Waals surface area contributed by atoms with E-state index < -0.39 is 0 Å². The number of ether oxygens (including phenoxy) is 2. The van der Waals surface area contributed by atoms with Gasteiger partial charge in [0.15, 0.2) is 5.65 Å². The van der Waals surface area contributed by atoms with Gasteiger partial charge in [0.2, 0.25) is 0 Å². The standard InChI is InChI=1S/C13H14BrN3O2/c14-8-4-10-12(15-5-8)17(6-9-7-19-9)13(16-10)11-2-1-3-18-11/h4-5,9,11H,1-3,6-7H2/t9-,11-/m0/s1. The summed E-state index contributed by atoms with van der Waals surface area (Å²) in [6, 6.07) is 2.00. The SMILES string of the molecule is Brc1cnc2c(c1)nc([C@@H]1CCCO1)n2C[C@H]1CO1. The van der Waals surface area contributed by atoms with Gasteiger partial charge in [0, 0.05) is 17.3 Å². The Balaban J connectivity index is 1.83. The number of aromatic nitrogens is 3. The monoisotopic (exact) mass is 323 g/mol. The molecule has 2 atom stereocenters. The lowest BCUT2D eigenvalue weighted by Crippen LogP contribution is -2.12. The summed E-state index contributed by atoms with van der Waals surface area (Å²) in [5.74, 6) is 0.994. The lowest BCUT2D eigenvalue weighted by Gasteiger charge is -2.11. The second-order valence-corrected chi connectivity index (χ2v) is 5.95. The Morgan fingerprint density at radius 3 is 3.05 bits per heavy atom. The van der Waals surface area contributed by atoms with Crippen LogP contribution in [0.4, 0.5) is 0 Å². The third-order valence-electron chi connectivity index (χ3n) is 3.59. The van der Waals surface area contributed by atoms with Gasteiger partial charge in [0.1, 0.15) is 17.4 Å². The van der Waals surface area contributed by atoms with Crippen molar-refractivity contribution in [1.29, 1.82) is 0 Å². The Morgan fingerprint density at radius 1 is 1.42 bits per heavy atom. The number of hydrogen-bond acceptors (Lipinski definition) is 4. The maximum Gasteiger partial charge on any atom is 0.160 e. The van der Waals surface area contributed by atoms with Gasteiger partial charge in [-0.3, -0.25) is 0 Å². The van der Waals surface area contributed by atoms with Crippen LogP contribution in [0.25, 0.3) is 11.2 Å². The summed E-state index contributed by atoms with van der Waals surface area (Å²) in [4.78, 5) is 9.22. The van der Waals surface area contributed by atoms with E-state index in [-0.39, 0.29) is 6.10 Å². The number of halogens is 1. The van der Waals surface area contributed by atoms with Crippen LogP contribution in [0.15, 0.2) is 16.7 Å². The van der Waals surface area contributed by atoms with Crippen molar-refractivity contribution in [3.63, 3.8) is 0 Å². The van der Waals surface area contributed by atoms with E-state index in [1.54, 1.807) is 0 Å². The fourth-order valence-corrected chi connectivity index (χ4v) is 2.91. The van der Waals surface area contributed by atoms with Crippen LogP contribution in [-0.2, 0) is 16.0 Å². The molecule has 19 heavy (non-hydrogen) atoms. The number of nitrogens with zero attached hydrogens (tertiary/aromatic N) is 3. The zero-order chi connectivity index (χ0) is 12.8. The second kappa shape index (κ2) is 4.54. The molecule has 0 radical (unpaired) electrons. The molecule has 0 N–H and O–H groups in total. The summed E-state index contributed by atoms with van der Waals surface area (Å²) in [6.45, 7) is 2.48. The molecule has 4 rings (SSSR count). The van der Waals surface area contributed by atoms with Crippen LogP contribution in [0, 0.1) is 0 Å². The highest BCUT2D eigenvalue weighted by Gasteiger charge is 2.29. The van der Waals surface area contributed by atoms with Gasteiger partial charge in [0.05, 0.1) is 19.3 Å². The first-order valence-electron chi connectivity index (χ1n) is 6.56. The Hall–Kier alpha value is -0.980. The van der Waals surface area contributed by atoms with Crippen LogP contribution >= 0.6 is 15.9 Å². The molecule has 100 valence electrons. The quantitative estimate of drug-likeness (QED) is 0.814. The molecular formula is C13H14BrN3O2. The van der Waals surface area contributed by atoms with Crippen molar-refractivity contribution in [2.45, 2.75) is 31.6 Å². The minimum atomic E-state index is 0.103. The maximum atomic E-state index is 5.78. The third kappa shape index (κ3) is 2.17. The average Bonchev–Trinajstić information content (AvgIpc) is 2.93. The number of pyridine rings is 1. The molecule has 0 aliphatic carbocycles. The molecule has 2 aromatic rings. The second-order valence-electron chi connectivity index (χ2n) is 5.03. The Bertz CT molecular complexity index is 618. The van der Waals surface area contributed by atoms with Crippen LogP contribution in [0.2, 0.25) is 0 Å². The highest BCUT2D eigenvalue weighted by atomic mass is 79.9. The molecular weight excluding hydrogens is 310 g/mol. The molecule has 2 saturated heterocycles. The van der Waals surface area contributed by atoms with Gasteiger partial charge in [-0.15, -0.1) is 0 Å². The van der Waals surface area contributed by atoms with Crippen LogP contribution in [0.1, 0.15) is 24.8 Å². The summed E-state index contributed by atoms with van der Waals surface area (Å²) in [7, 11) is 0. The zero-order valence-corrected chi connectivity index (χ0v) is 12.0. The maximum absolute atomic E-state index is 5.78. The molecule has 0 aromatic carbocycles. The Morgan fingerprint density at radius 2 is 2.32 bits per heavy atom. The van der Waals surface area contributed by atoms with Crippen molar-refractivity contribution in [3.8, 4) is 0 Å². The van der Waals surface area contributed by atoms with Gasteiger partial charge in [-0.05, 0) is 34.8 Å². The molecule has 4 heterocycles. The fourth-order valence-electron chi connectivity index (χ4n) is 2.59. The van der Waals surface area contributed by atoms with E-state index in [1.807, 2.05) is 12.3 Å². The predicted octanol–water partition coefficient (Wildman–Crippen LogP) is 2.44. The first-order chi connectivity index (χ1) is 9.31. The summed E-state index contributed by atoms with van der Waals surface area (Å²) < 4.78 is 14.2. The summed E-state index contributed by atoms with van der Waals surface area (Å²) in [5, 5.41) is 0. The number of hydrogen-bond donors (Lipinski definition) is 0. The third-order valence-corrected chi connectivity index (χ3v) is 4.02. The van der Waals surface area contributed by atoms with E-state index >= 15 is 0 Å². The Labute approximate surface area is 119 Å². The van der Waals surface area contributed by atoms with Crippen molar-refractivity contribution < 1.29 is 9.47 Å². The van der Waals surface area contributed by atoms with Crippen LogP contribution in [0.5, 0.6) is 0 Å². The molecule has 0 bridgehead atoms. The average molecular weight is 324 g/mol. The molecule has 0 saturated carbocycles. The van der Waals surface area contributed by atoms with E-state index in [9.17, 15) is 0 Å². The van der Waals surface area contributed by atoms with Crippen LogP contribution in [-0.4, -0.2) is 33.9 Å². The molecule has 0 spiro atoms. The van der Waals surface area contributed by atoms with Crippen molar-refractivity contribution in [2.75, 3.05) is 13.2 Å². The minimum absolute atomic E-state index is 0.103. The molecule has 0 amide bonds. The highest BCUT2D eigenvalue weighted by Crippen LogP contribution is 2.31. The Kier molecular flexibility index (Phi) is 2.82. The molecule has 0 unspecified atom stereocenters. The number of fused-ring (bicyclic) bond motifs is 1. The lowest BCUT2D eigenvalue weighted by atomic mass is 10.2. The van der Waals surface area contributed by atoms with Crippen molar-refractivity contribution in [1.82, 2.24) is 14.5 Å². The fraction of sp³-hybridized carbons (Fsp3) is 0.538.